The molecule has 0 saturated carbocycles. The average molecular weight is 299 g/mol. The molecule has 0 radical (unpaired) electrons. The van der Waals surface area contributed by atoms with Crippen LogP contribution in [0, 0.1) is 0 Å². The summed E-state index contributed by atoms with van der Waals surface area (Å²) in [7, 11) is 0. The van der Waals surface area contributed by atoms with Gasteiger partial charge in [-0.25, -0.2) is 4.79 Å². The van der Waals surface area contributed by atoms with Crippen LogP contribution in [0.25, 0.3) is 0 Å². The Morgan fingerprint density at radius 2 is 1.07 bits per heavy atom. The summed E-state index contributed by atoms with van der Waals surface area (Å²) >= 11 is 0. The van der Waals surface area contributed by atoms with Crippen LogP contribution in [0.1, 0.15) is 13.8 Å². The van der Waals surface area contributed by atoms with Gasteiger partial charge in [0.15, 0.2) is 0 Å². The van der Waals surface area contributed by atoms with Gasteiger partial charge in [-0.3, -0.25) is 9.59 Å². The maximum atomic E-state index is 9.25. The van der Waals surface area contributed by atoms with E-state index >= 15 is 0 Å². The Labute approximate surface area is 94.9 Å². The van der Waals surface area contributed by atoms with Crippen molar-refractivity contribution in [3.8, 4) is 0 Å². The number of carboxylic acids is 3. The van der Waals surface area contributed by atoms with Gasteiger partial charge in [0.1, 0.15) is 0 Å². The van der Waals surface area contributed by atoms with Gasteiger partial charge in [0.25, 0.3) is 11.9 Å². The van der Waals surface area contributed by atoms with E-state index in [0.717, 1.165) is 19.9 Å². The van der Waals surface area contributed by atoms with E-state index in [4.69, 9.17) is 24.9 Å². The van der Waals surface area contributed by atoms with Crippen LogP contribution < -0.4 is 0 Å². The summed E-state index contributed by atoms with van der Waals surface area (Å²) in [5.74, 6) is -2.65. The predicted octanol–water partition coefficient (Wildman–Crippen LogP) is 0.436. The summed E-state index contributed by atoms with van der Waals surface area (Å²) in [5.41, 5.74) is 0. The van der Waals surface area contributed by atoms with Gasteiger partial charge in [0, 0.05) is 40.3 Å². The first-order chi connectivity index (χ1) is 5.73. The van der Waals surface area contributed by atoms with E-state index in [1.54, 1.807) is 0 Å². The standard InChI is InChI=1S/C3H4O2.2C2H4O2.Pd/c1-2-3(4)5;2*1-2(3)4;/h2H,1H2,(H,4,5);2*1H3,(H,3,4);. The third-order valence-electron chi connectivity index (χ3n) is 0.175. The first-order valence-electron chi connectivity index (χ1n) is 2.98. The second-order valence-electron chi connectivity index (χ2n) is 1.58. The number of hydrogen-bond donors (Lipinski definition) is 3. The molecule has 0 fully saturated rings. The maximum absolute atomic E-state index is 9.25. The fraction of sp³-hybridized carbons (Fsp3) is 0.286. The molecule has 0 atom stereocenters. The molecule has 0 spiro atoms. The smallest absolute Gasteiger partial charge is 0.327 e. The quantitative estimate of drug-likeness (QED) is 0.478. The number of carboxylic acid groups (broad SMARTS) is 3. The molecule has 0 bridgehead atoms. The molecule has 7 heteroatoms. The third-order valence-corrected chi connectivity index (χ3v) is 0.175. The van der Waals surface area contributed by atoms with Crippen molar-refractivity contribution in [3.05, 3.63) is 12.7 Å². The van der Waals surface area contributed by atoms with Crippen LogP contribution in [0.2, 0.25) is 0 Å². The molecule has 0 aromatic carbocycles. The van der Waals surface area contributed by atoms with Crippen LogP contribution in [-0.2, 0) is 34.8 Å². The summed E-state index contributed by atoms with van der Waals surface area (Å²) in [6.07, 6.45) is 0.833. The molecule has 0 aromatic rings. The van der Waals surface area contributed by atoms with Crippen LogP contribution in [-0.4, -0.2) is 33.2 Å². The molecule has 0 heterocycles. The summed E-state index contributed by atoms with van der Waals surface area (Å²) < 4.78 is 0. The fourth-order valence-corrected chi connectivity index (χ4v) is 0. The number of hydrogen-bond acceptors (Lipinski definition) is 3. The van der Waals surface area contributed by atoms with Crippen LogP contribution in [0.4, 0.5) is 0 Å². The van der Waals surface area contributed by atoms with Crippen LogP contribution in [0.15, 0.2) is 12.7 Å². The van der Waals surface area contributed by atoms with Gasteiger partial charge >= 0.3 is 5.97 Å². The number of rotatable bonds is 1. The second kappa shape index (κ2) is 17.8. The van der Waals surface area contributed by atoms with Gasteiger partial charge in [-0.15, -0.1) is 0 Å². The van der Waals surface area contributed by atoms with E-state index in [1.807, 2.05) is 0 Å². The molecular formula is C7H12O6Pd. The molecule has 0 unspecified atom stereocenters. The molecule has 86 valence electrons. The van der Waals surface area contributed by atoms with Gasteiger partial charge < -0.3 is 15.3 Å². The largest absolute Gasteiger partial charge is 0.481 e. The van der Waals surface area contributed by atoms with Crippen molar-refractivity contribution in [2.45, 2.75) is 13.8 Å². The minimum atomic E-state index is -0.981. The zero-order chi connectivity index (χ0) is 11.4. The summed E-state index contributed by atoms with van der Waals surface area (Å²) in [6, 6.07) is 0. The zero-order valence-electron chi connectivity index (χ0n) is 7.67. The van der Waals surface area contributed by atoms with Crippen molar-refractivity contribution in [2.75, 3.05) is 0 Å². The molecule has 0 saturated heterocycles. The minimum absolute atomic E-state index is 0. The first kappa shape index (κ1) is 23.0. The van der Waals surface area contributed by atoms with Crippen molar-refractivity contribution in [2.24, 2.45) is 0 Å². The van der Waals surface area contributed by atoms with Crippen LogP contribution in [0.5, 0.6) is 0 Å². The van der Waals surface area contributed by atoms with Crippen molar-refractivity contribution < 1.29 is 50.1 Å². The van der Waals surface area contributed by atoms with Crippen molar-refractivity contribution in [1.29, 1.82) is 0 Å². The van der Waals surface area contributed by atoms with Gasteiger partial charge in [-0.1, -0.05) is 6.58 Å². The van der Waals surface area contributed by atoms with Crippen molar-refractivity contribution in [3.63, 3.8) is 0 Å². The van der Waals surface area contributed by atoms with Crippen LogP contribution >= 0.6 is 0 Å². The Morgan fingerprint density at radius 1 is 1.00 bits per heavy atom. The van der Waals surface area contributed by atoms with Gasteiger partial charge in [-0.05, 0) is 0 Å². The Balaban J connectivity index is -0.0000000522. The molecule has 6 nitrogen and oxygen atoms in total. The average Bonchev–Trinajstić information content (AvgIpc) is 1.84. The summed E-state index contributed by atoms with van der Waals surface area (Å²) in [6.45, 7) is 5.13. The Kier molecular flexibility index (Phi) is 29.2. The van der Waals surface area contributed by atoms with E-state index in [9.17, 15) is 4.79 Å². The van der Waals surface area contributed by atoms with Crippen molar-refractivity contribution in [1.82, 2.24) is 0 Å². The molecule has 0 rings (SSSR count). The summed E-state index contributed by atoms with van der Waals surface area (Å²) in [4.78, 5) is 27.2. The summed E-state index contributed by atoms with van der Waals surface area (Å²) in [5, 5.41) is 22.4. The second-order valence-corrected chi connectivity index (χ2v) is 1.58. The van der Waals surface area contributed by atoms with E-state index in [2.05, 4.69) is 6.58 Å². The molecular weight excluding hydrogens is 286 g/mol. The van der Waals surface area contributed by atoms with E-state index < -0.39 is 17.9 Å². The van der Waals surface area contributed by atoms with Crippen LogP contribution in [0.3, 0.4) is 0 Å². The number of aliphatic carboxylic acids is 3. The van der Waals surface area contributed by atoms with Gasteiger partial charge in [0.05, 0.1) is 0 Å². The topological polar surface area (TPSA) is 112 Å². The normalized spacial score (nSPS) is 5.86. The number of carbonyl (C=O) groups is 3. The monoisotopic (exact) mass is 298 g/mol. The Morgan fingerprint density at radius 3 is 1.07 bits per heavy atom. The van der Waals surface area contributed by atoms with E-state index in [1.165, 1.54) is 0 Å². The van der Waals surface area contributed by atoms with E-state index in [-0.39, 0.29) is 20.4 Å². The minimum Gasteiger partial charge on any atom is -0.481 e. The molecule has 0 aliphatic heterocycles. The fourth-order valence-electron chi connectivity index (χ4n) is 0. The SMILES string of the molecule is C=CC(=O)O.CC(=O)O.CC(=O)O.[Pd]. The molecule has 3 N–H and O–H groups in total. The molecule has 0 aliphatic carbocycles. The maximum Gasteiger partial charge on any atom is 0.327 e. The molecule has 0 aromatic heterocycles. The first-order valence-corrected chi connectivity index (χ1v) is 2.98. The third kappa shape index (κ3) is 1580. The van der Waals surface area contributed by atoms with E-state index in [0.29, 0.717) is 0 Å². The predicted molar refractivity (Wildman–Crippen MR) is 44.5 cm³/mol. The van der Waals surface area contributed by atoms with Crippen molar-refractivity contribution >= 4 is 17.9 Å². The Hall–Kier alpha value is -1.19. The van der Waals surface area contributed by atoms with Gasteiger partial charge in [-0.2, -0.15) is 0 Å². The van der Waals surface area contributed by atoms with Gasteiger partial charge in [0.2, 0.25) is 0 Å². The molecule has 0 amide bonds. The molecule has 14 heavy (non-hydrogen) atoms. The Bertz CT molecular complexity index is 169. The zero-order valence-corrected chi connectivity index (χ0v) is 9.22. The molecule has 0 aliphatic rings.